The Morgan fingerprint density at radius 3 is 2.47 bits per heavy atom. The number of imidazole rings is 1. The van der Waals surface area contributed by atoms with Crippen molar-refractivity contribution in [3.05, 3.63) is 95.8 Å². The second-order valence-corrected chi connectivity index (χ2v) is 7.40. The monoisotopic (exact) mass is 399 g/mol. The van der Waals surface area contributed by atoms with Gasteiger partial charge in [0.2, 0.25) is 5.91 Å². The maximum atomic E-state index is 12.8. The lowest BCUT2D eigenvalue weighted by molar-refractivity contribution is -0.122. The molecule has 0 saturated heterocycles. The minimum absolute atomic E-state index is 0.0638. The van der Waals surface area contributed by atoms with Crippen LogP contribution in [-0.4, -0.2) is 15.5 Å². The summed E-state index contributed by atoms with van der Waals surface area (Å²) >= 11 is 0. The van der Waals surface area contributed by atoms with Crippen molar-refractivity contribution >= 4 is 16.9 Å². The number of para-hydroxylation sites is 2. The molecule has 0 bridgehead atoms. The van der Waals surface area contributed by atoms with Crippen LogP contribution in [0, 0.1) is 6.92 Å². The first-order valence-electron chi connectivity index (χ1n) is 10.1. The molecule has 0 spiro atoms. The van der Waals surface area contributed by atoms with Crippen molar-refractivity contribution in [1.29, 1.82) is 0 Å². The minimum atomic E-state index is -0.0688. The highest BCUT2D eigenvalue weighted by Gasteiger charge is 2.16. The molecule has 0 aliphatic rings. The van der Waals surface area contributed by atoms with Crippen molar-refractivity contribution in [2.45, 2.75) is 33.0 Å². The van der Waals surface area contributed by atoms with Crippen LogP contribution < -0.4 is 10.1 Å². The van der Waals surface area contributed by atoms with Crippen LogP contribution in [0.2, 0.25) is 0 Å². The Bertz CT molecular complexity index is 1130. The van der Waals surface area contributed by atoms with Gasteiger partial charge in [0.1, 0.15) is 24.7 Å². The van der Waals surface area contributed by atoms with Gasteiger partial charge in [-0.3, -0.25) is 4.79 Å². The van der Waals surface area contributed by atoms with Crippen LogP contribution in [0.1, 0.15) is 29.9 Å². The highest BCUT2D eigenvalue weighted by molar-refractivity contribution is 5.81. The van der Waals surface area contributed by atoms with E-state index in [0.717, 1.165) is 28.2 Å². The molecule has 5 heteroatoms. The van der Waals surface area contributed by atoms with Crippen molar-refractivity contribution in [2.75, 3.05) is 0 Å². The first kappa shape index (κ1) is 19.7. The molecule has 0 saturated carbocycles. The number of aryl methyl sites for hydroxylation is 1. The maximum absolute atomic E-state index is 12.8. The minimum Gasteiger partial charge on any atom is -0.486 e. The maximum Gasteiger partial charge on any atom is 0.240 e. The summed E-state index contributed by atoms with van der Waals surface area (Å²) in [5.41, 5.74) is 4.02. The van der Waals surface area contributed by atoms with Gasteiger partial charge in [-0.2, -0.15) is 0 Å². The number of ether oxygens (including phenoxy) is 1. The number of nitrogens with one attached hydrogen (secondary N) is 1. The Morgan fingerprint density at radius 1 is 1.00 bits per heavy atom. The molecule has 5 nitrogen and oxygen atoms in total. The lowest BCUT2D eigenvalue weighted by Gasteiger charge is -2.16. The van der Waals surface area contributed by atoms with E-state index in [9.17, 15) is 4.79 Å². The van der Waals surface area contributed by atoms with Gasteiger partial charge in [0.05, 0.1) is 17.1 Å². The quantitative estimate of drug-likeness (QED) is 0.486. The molecule has 1 aromatic heterocycles. The third-order valence-corrected chi connectivity index (χ3v) is 5.10. The average Bonchev–Trinajstić information content (AvgIpc) is 3.11. The number of hydrogen-bond donors (Lipinski definition) is 1. The summed E-state index contributed by atoms with van der Waals surface area (Å²) in [5.74, 6) is 1.44. The van der Waals surface area contributed by atoms with E-state index in [-0.39, 0.29) is 18.5 Å². The molecule has 3 aromatic carbocycles. The topological polar surface area (TPSA) is 56.2 Å². The van der Waals surface area contributed by atoms with Crippen LogP contribution in [0.15, 0.2) is 78.9 Å². The molecular weight excluding hydrogens is 374 g/mol. The fourth-order valence-electron chi connectivity index (χ4n) is 3.45. The number of hydrogen-bond acceptors (Lipinski definition) is 3. The van der Waals surface area contributed by atoms with Crippen molar-refractivity contribution in [3.8, 4) is 5.75 Å². The second-order valence-electron chi connectivity index (χ2n) is 7.40. The number of rotatable bonds is 7. The number of nitrogens with zero attached hydrogens (tertiary/aromatic N) is 2. The number of aromatic nitrogens is 2. The van der Waals surface area contributed by atoms with E-state index < -0.39 is 0 Å². The number of carbonyl (C=O) groups is 1. The van der Waals surface area contributed by atoms with Gasteiger partial charge < -0.3 is 14.6 Å². The lowest BCUT2D eigenvalue weighted by atomic mass is 10.1. The van der Waals surface area contributed by atoms with E-state index in [1.54, 1.807) is 0 Å². The highest BCUT2D eigenvalue weighted by atomic mass is 16.5. The van der Waals surface area contributed by atoms with Crippen LogP contribution in [0.25, 0.3) is 11.0 Å². The van der Waals surface area contributed by atoms with Crippen molar-refractivity contribution in [3.63, 3.8) is 0 Å². The summed E-state index contributed by atoms with van der Waals surface area (Å²) in [7, 11) is 0. The van der Waals surface area contributed by atoms with E-state index in [0.29, 0.717) is 6.61 Å². The SMILES string of the molecule is Cc1ccc(OCc2nc3ccccc3n2CC(=O)NC(C)c2ccccc2)cc1. The molecule has 1 heterocycles. The molecule has 4 rings (SSSR count). The zero-order chi connectivity index (χ0) is 20.9. The fourth-order valence-corrected chi connectivity index (χ4v) is 3.45. The van der Waals surface area contributed by atoms with Crippen LogP contribution in [0.3, 0.4) is 0 Å². The van der Waals surface area contributed by atoms with Gasteiger partial charge >= 0.3 is 0 Å². The molecule has 0 fully saturated rings. The molecule has 1 atom stereocenters. The Morgan fingerprint density at radius 2 is 1.70 bits per heavy atom. The van der Waals surface area contributed by atoms with Gasteiger partial charge in [0, 0.05) is 0 Å². The molecule has 1 amide bonds. The lowest BCUT2D eigenvalue weighted by Crippen LogP contribution is -2.30. The van der Waals surface area contributed by atoms with Crippen molar-refractivity contribution in [2.24, 2.45) is 0 Å². The molecule has 0 aliphatic carbocycles. The summed E-state index contributed by atoms with van der Waals surface area (Å²) in [5, 5.41) is 3.08. The third-order valence-electron chi connectivity index (χ3n) is 5.10. The molecule has 0 aliphatic heterocycles. The third kappa shape index (κ3) is 4.51. The van der Waals surface area contributed by atoms with Gasteiger partial charge in [-0.1, -0.05) is 60.2 Å². The predicted molar refractivity (Wildman–Crippen MR) is 118 cm³/mol. The van der Waals surface area contributed by atoms with Crippen LogP contribution >= 0.6 is 0 Å². The van der Waals surface area contributed by atoms with E-state index in [2.05, 4.69) is 5.32 Å². The Labute approximate surface area is 176 Å². The Hall–Kier alpha value is -3.60. The Kier molecular flexibility index (Phi) is 5.80. The van der Waals surface area contributed by atoms with Gasteiger partial charge in [-0.05, 0) is 43.7 Å². The normalized spacial score (nSPS) is 11.9. The van der Waals surface area contributed by atoms with E-state index >= 15 is 0 Å². The first-order valence-corrected chi connectivity index (χ1v) is 10.1. The van der Waals surface area contributed by atoms with Gasteiger partial charge in [-0.25, -0.2) is 4.98 Å². The summed E-state index contributed by atoms with van der Waals surface area (Å²) in [6.45, 7) is 4.50. The summed E-state index contributed by atoms with van der Waals surface area (Å²) in [4.78, 5) is 17.5. The van der Waals surface area contributed by atoms with E-state index in [1.807, 2.05) is 97.3 Å². The molecule has 30 heavy (non-hydrogen) atoms. The number of fused-ring (bicyclic) bond motifs is 1. The van der Waals surface area contributed by atoms with E-state index in [1.165, 1.54) is 5.56 Å². The summed E-state index contributed by atoms with van der Waals surface area (Å²) in [6.07, 6.45) is 0. The standard InChI is InChI=1S/C25H25N3O2/c1-18-12-14-21(15-13-18)30-17-24-27-22-10-6-7-11-23(22)28(24)16-25(29)26-19(2)20-8-4-3-5-9-20/h3-15,19H,16-17H2,1-2H3,(H,26,29). The molecule has 152 valence electrons. The zero-order valence-electron chi connectivity index (χ0n) is 17.2. The first-order chi connectivity index (χ1) is 14.6. The van der Waals surface area contributed by atoms with Gasteiger partial charge in [0.15, 0.2) is 0 Å². The molecular formula is C25H25N3O2. The highest BCUT2D eigenvalue weighted by Crippen LogP contribution is 2.19. The van der Waals surface area contributed by atoms with Crippen LogP contribution in [-0.2, 0) is 17.9 Å². The van der Waals surface area contributed by atoms with Crippen molar-refractivity contribution < 1.29 is 9.53 Å². The van der Waals surface area contributed by atoms with Crippen LogP contribution in [0.4, 0.5) is 0 Å². The number of amides is 1. The number of carbonyl (C=O) groups excluding carboxylic acids is 1. The second kappa shape index (κ2) is 8.82. The van der Waals surface area contributed by atoms with Crippen LogP contribution in [0.5, 0.6) is 5.75 Å². The molecule has 1 N–H and O–H groups in total. The fraction of sp³-hybridized carbons (Fsp3) is 0.200. The number of benzene rings is 3. The summed E-state index contributed by atoms with van der Waals surface area (Å²) in [6, 6.07) is 25.6. The average molecular weight is 399 g/mol. The van der Waals surface area contributed by atoms with Crippen molar-refractivity contribution in [1.82, 2.24) is 14.9 Å². The smallest absolute Gasteiger partial charge is 0.240 e. The molecule has 1 unspecified atom stereocenters. The van der Waals surface area contributed by atoms with E-state index in [4.69, 9.17) is 9.72 Å². The summed E-state index contributed by atoms with van der Waals surface area (Å²) < 4.78 is 7.86. The largest absolute Gasteiger partial charge is 0.486 e. The molecule has 0 radical (unpaired) electrons. The zero-order valence-corrected chi connectivity index (χ0v) is 17.2. The Balaban J connectivity index is 1.52. The molecule has 4 aromatic rings. The van der Waals surface area contributed by atoms with Gasteiger partial charge in [-0.15, -0.1) is 0 Å². The van der Waals surface area contributed by atoms with Gasteiger partial charge in [0.25, 0.3) is 0 Å². The predicted octanol–water partition coefficient (Wildman–Crippen LogP) is 4.80.